The third-order valence-corrected chi connectivity index (χ3v) is 5.25. The van der Waals surface area contributed by atoms with E-state index in [0.717, 1.165) is 18.5 Å². The summed E-state index contributed by atoms with van der Waals surface area (Å²) in [5.74, 6) is 1.22. The summed E-state index contributed by atoms with van der Waals surface area (Å²) in [6.07, 6.45) is 4.80. The molecule has 0 radical (unpaired) electrons. The summed E-state index contributed by atoms with van der Waals surface area (Å²) in [6, 6.07) is 7.11. The maximum atomic E-state index is 12.1. The van der Waals surface area contributed by atoms with E-state index < -0.39 is 10.8 Å². The summed E-state index contributed by atoms with van der Waals surface area (Å²) >= 11 is 0. The minimum atomic E-state index is -1.05. The van der Waals surface area contributed by atoms with Crippen molar-refractivity contribution in [1.82, 2.24) is 0 Å². The third-order valence-electron chi connectivity index (χ3n) is 3.84. The van der Waals surface area contributed by atoms with Crippen molar-refractivity contribution < 1.29 is 9.00 Å². The molecule has 20 heavy (non-hydrogen) atoms. The zero-order chi connectivity index (χ0) is 14.5. The number of carbonyl (C=O) groups excluding carboxylic acids is 1. The van der Waals surface area contributed by atoms with Crippen molar-refractivity contribution in [2.45, 2.75) is 25.7 Å². The zero-order valence-electron chi connectivity index (χ0n) is 11.9. The first-order valence-electron chi connectivity index (χ1n) is 7.03. The Morgan fingerprint density at radius 2 is 1.90 bits per heavy atom. The average Bonchev–Trinajstić information content (AvgIpc) is 2.91. The average molecular weight is 294 g/mol. The fourth-order valence-electron chi connectivity index (χ4n) is 2.58. The molecule has 1 aliphatic rings. The van der Waals surface area contributed by atoms with Crippen molar-refractivity contribution >= 4 is 28.1 Å². The topological polar surface area (TPSA) is 63.4 Å². The predicted octanol–water partition coefficient (Wildman–Crippen LogP) is 2.17. The molecule has 1 aromatic carbocycles. The Hall–Kier alpha value is -1.36. The number of hydrogen-bond donors (Lipinski definition) is 1. The van der Waals surface area contributed by atoms with E-state index in [4.69, 9.17) is 5.73 Å². The number of nitrogen functional groups attached to an aromatic ring is 1. The van der Waals surface area contributed by atoms with Gasteiger partial charge < -0.3 is 10.6 Å². The van der Waals surface area contributed by atoms with Crippen LogP contribution in [0.2, 0.25) is 0 Å². The van der Waals surface area contributed by atoms with E-state index in [1.54, 1.807) is 36.2 Å². The molecule has 2 rings (SSSR count). The maximum Gasteiger partial charge on any atom is 0.239 e. The van der Waals surface area contributed by atoms with Crippen LogP contribution in [0.4, 0.5) is 11.4 Å². The van der Waals surface area contributed by atoms with Gasteiger partial charge >= 0.3 is 0 Å². The quantitative estimate of drug-likeness (QED) is 0.847. The van der Waals surface area contributed by atoms with E-state index in [0.29, 0.717) is 17.4 Å². The number of rotatable bonds is 5. The van der Waals surface area contributed by atoms with Gasteiger partial charge in [0.15, 0.2) is 0 Å². The van der Waals surface area contributed by atoms with Gasteiger partial charge in [0.2, 0.25) is 5.91 Å². The minimum Gasteiger partial charge on any atom is -0.399 e. The molecule has 1 amide bonds. The standard InChI is InChI=1S/C15H22N2O2S/c1-17(14-8-6-13(16)7-9-14)15(18)11-20(19)10-12-4-2-3-5-12/h6-9,12H,2-5,10-11,16H2,1H3. The van der Waals surface area contributed by atoms with Gasteiger partial charge in [-0.1, -0.05) is 12.8 Å². The van der Waals surface area contributed by atoms with E-state index in [2.05, 4.69) is 0 Å². The summed E-state index contributed by atoms with van der Waals surface area (Å²) in [5, 5.41) is 0. The maximum absolute atomic E-state index is 12.1. The molecule has 0 aliphatic heterocycles. The van der Waals surface area contributed by atoms with Crippen LogP contribution in [-0.4, -0.2) is 28.7 Å². The van der Waals surface area contributed by atoms with Crippen molar-refractivity contribution in [2.75, 3.05) is 29.2 Å². The van der Waals surface area contributed by atoms with E-state index >= 15 is 0 Å². The van der Waals surface area contributed by atoms with Crippen LogP contribution in [0.1, 0.15) is 25.7 Å². The molecule has 5 heteroatoms. The summed E-state index contributed by atoms with van der Waals surface area (Å²) in [6.45, 7) is 0. The number of nitrogens with two attached hydrogens (primary N) is 1. The highest BCUT2D eigenvalue weighted by Crippen LogP contribution is 2.25. The number of carbonyl (C=O) groups is 1. The second-order valence-electron chi connectivity index (χ2n) is 5.45. The molecule has 2 N–H and O–H groups in total. The molecule has 110 valence electrons. The molecule has 0 spiro atoms. The molecule has 0 aromatic heterocycles. The summed E-state index contributed by atoms with van der Waals surface area (Å²) in [7, 11) is 0.654. The molecule has 4 nitrogen and oxygen atoms in total. The van der Waals surface area contributed by atoms with Crippen LogP contribution >= 0.6 is 0 Å². The third kappa shape index (κ3) is 4.07. The fourth-order valence-corrected chi connectivity index (χ4v) is 4.02. The molecule has 0 bridgehead atoms. The Morgan fingerprint density at radius 1 is 1.30 bits per heavy atom. The van der Waals surface area contributed by atoms with Crippen LogP contribution in [0, 0.1) is 5.92 Å². The largest absolute Gasteiger partial charge is 0.399 e. The number of benzene rings is 1. The Balaban J connectivity index is 1.86. The molecule has 1 aliphatic carbocycles. The molecule has 1 atom stereocenters. The molecule has 0 heterocycles. The van der Waals surface area contributed by atoms with Gasteiger partial charge in [0.25, 0.3) is 0 Å². The van der Waals surface area contributed by atoms with Gasteiger partial charge in [0.05, 0.1) is 0 Å². The molecule has 1 unspecified atom stereocenters. The van der Waals surface area contributed by atoms with Gasteiger partial charge in [-0.3, -0.25) is 9.00 Å². The first-order chi connectivity index (χ1) is 9.56. The van der Waals surface area contributed by atoms with E-state index in [-0.39, 0.29) is 11.7 Å². The normalized spacial score (nSPS) is 17.1. The first kappa shape index (κ1) is 15.0. The molecule has 1 saturated carbocycles. The van der Waals surface area contributed by atoms with Gasteiger partial charge in [-0.25, -0.2) is 0 Å². The van der Waals surface area contributed by atoms with E-state index in [1.165, 1.54) is 12.8 Å². The zero-order valence-corrected chi connectivity index (χ0v) is 12.7. The number of nitrogens with zero attached hydrogens (tertiary/aromatic N) is 1. The van der Waals surface area contributed by atoms with Crippen molar-refractivity contribution in [1.29, 1.82) is 0 Å². The van der Waals surface area contributed by atoms with E-state index in [9.17, 15) is 9.00 Å². The first-order valence-corrected chi connectivity index (χ1v) is 8.52. The Labute approximate surface area is 122 Å². The van der Waals surface area contributed by atoms with Gasteiger partial charge in [0, 0.05) is 35.0 Å². The van der Waals surface area contributed by atoms with Gasteiger partial charge in [-0.2, -0.15) is 0 Å². The molecule has 0 saturated heterocycles. The Morgan fingerprint density at radius 3 is 2.50 bits per heavy atom. The molecular formula is C15H22N2O2S. The van der Waals surface area contributed by atoms with Gasteiger partial charge in [-0.05, 0) is 43.0 Å². The lowest BCUT2D eigenvalue weighted by molar-refractivity contribution is -0.115. The highest BCUT2D eigenvalue weighted by Gasteiger charge is 2.20. The van der Waals surface area contributed by atoms with Crippen LogP contribution in [0.3, 0.4) is 0 Å². The van der Waals surface area contributed by atoms with Crippen LogP contribution in [0.25, 0.3) is 0 Å². The highest BCUT2D eigenvalue weighted by atomic mass is 32.2. The lowest BCUT2D eigenvalue weighted by Crippen LogP contribution is -2.31. The fraction of sp³-hybridized carbons (Fsp3) is 0.533. The van der Waals surface area contributed by atoms with Crippen molar-refractivity contribution in [2.24, 2.45) is 5.92 Å². The highest BCUT2D eigenvalue weighted by molar-refractivity contribution is 7.85. The molecule has 1 fully saturated rings. The second-order valence-corrected chi connectivity index (χ2v) is 6.95. The summed E-state index contributed by atoms with van der Waals surface area (Å²) in [5.41, 5.74) is 7.07. The monoisotopic (exact) mass is 294 g/mol. The smallest absolute Gasteiger partial charge is 0.239 e. The SMILES string of the molecule is CN(C(=O)CS(=O)CC1CCCC1)c1ccc(N)cc1. The lowest BCUT2D eigenvalue weighted by atomic mass is 10.1. The number of amides is 1. The molecular weight excluding hydrogens is 272 g/mol. The van der Waals surface area contributed by atoms with Crippen molar-refractivity contribution in [3.63, 3.8) is 0 Å². The van der Waals surface area contributed by atoms with Crippen molar-refractivity contribution in [3.05, 3.63) is 24.3 Å². The predicted molar refractivity (Wildman–Crippen MR) is 84.1 cm³/mol. The summed E-state index contributed by atoms with van der Waals surface area (Å²) in [4.78, 5) is 13.7. The number of anilines is 2. The second kappa shape index (κ2) is 6.88. The minimum absolute atomic E-state index is 0.105. The van der Waals surface area contributed by atoms with Crippen LogP contribution < -0.4 is 10.6 Å². The van der Waals surface area contributed by atoms with Crippen LogP contribution in [0.15, 0.2) is 24.3 Å². The van der Waals surface area contributed by atoms with Crippen LogP contribution in [0.5, 0.6) is 0 Å². The van der Waals surface area contributed by atoms with Crippen LogP contribution in [-0.2, 0) is 15.6 Å². The van der Waals surface area contributed by atoms with Crippen molar-refractivity contribution in [3.8, 4) is 0 Å². The Kier molecular flexibility index (Phi) is 5.17. The summed E-state index contributed by atoms with van der Waals surface area (Å²) < 4.78 is 12.0. The van der Waals surface area contributed by atoms with Gasteiger partial charge in [-0.15, -0.1) is 0 Å². The van der Waals surface area contributed by atoms with E-state index in [1.807, 2.05) is 0 Å². The molecule has 1 aromatic rings. The lowest BCUT2D eigenvalue weighted by Gasteiger charge is -2.18. The number of hydrogen-bond acceptors (Lipinski definition) is 3. The van der Waals surface area contributed by atoms with Gasteiger partial charge in [0.1, 0.15) is 5.75 Å². The Bertz CT molecular complexity index is 481.